The van der Waals surface area contributed by atoms with Gasteiger partial charge in [-0.25, -0.2) is 13.1 Å². The van der Waals surface area contributed by atoms with E-state index in [1.807, 2.05) is 6.07 Å². The van der Waals surface area contributed by atoms with Gasteiger partial charge in [-0.15, -0.1) is 0 Å². The Morgan fingerprint density at radius 1 is 1.38 bits per heavy atom. The molecular weight excluding hydrogens is 296 g/mol. The highest BCUT2D eigenvalue weighted by Gasteiger charge is 2.26. The Hall–Kier alpha value is -1.95. The molecule has 0 bridgehead atoms. The summed E-state index contributed by atoms with van der Waals surface area (Å²) in [6.07, 6.45) is -0.563. The van der Waals surface area contributed by atoms with Gasteiger partial charge in [0.25, 0.3) is 0 Å². The van der Waals surface area contributed by atoms with Crippen LogP contribution in [0.2, 0.25) is 0 Å². The Labute approximate surface area is 122 Å². The van der Waals surface area contributed by atoms with Crippen LogP contribution in [0.3, 0.4) is 0 Å². The minimum absolute atomic E-state index is 0.318. The number of nitrogens with zero attached hydrogens (tertiary/aromatic N) is 1. The maximum absolute atomic E-state index is 11.9. The number of rotatable bonds is 7. The molecule has 1 unspecified atom stereocenters. The fraction of sp³-hybridized carbons (Fsp3) is 0.385. The van der Waals surface area contributed by atoms with Crippen LogP contribution in [0.5, 0.6) is 0 Å². The number of hydrogen-bond acceptors (Lipinski definition) is 5. The maximum Gasteiger partial charge on any atom is 0.306 e. The summed E-state index contributed by atoms with van der Waals surface area (Å²) in [7, 11) is -3.71. The third-order valence-corrected chi connectivity index (χ3v) is 3.94. The average molecular weight is 312 g/mol. The van der Waals surface area contributed by atoms with Crippen molar-refractivity contribution in [3.63, 3.8) is 0 Å². The van der Waals surface area contributed by atoms with E-state index in [9.17, 15) is 18.3 Å². The predicted molar refractivity (Wildman–Crippen MR) is 74.7 cm³/mol. The zero-order chi connectivity index (χ0) is 16.1. The summed E-state index contributed by atoms with van der Waals surface area (Å²) in [5.74, 6) is -1.53. The molecule has 0 aliphatic rings. The summed E-state index contributed by atoms with van der Waals surface area (Å²) in [6, 6.07) is 7.98. The number of carboxylic acid groups (broad SMARTS) is 1. The minimum Gasteiger partial charge on any atom is -0.481 e. The SMILES string of the molecule is CC(O)(CNS(=O)(=O)Cc1ccc(C#N)cc1)CC(=O)O. The van der Waals surface area contributed by atoms with Crippen molar-refractivity contribution in [2.24, 2.45) is 0 Å². The van der Waals surface area contributed by atoms with Crippen LogP contribution < -0.4 is 4.72 Å². The van der Waals surface area contributed by atoms with Crippen LogP contribution in [-0.4, -0.2) is 36.7 Å². The second-order valence-corrected chi connectivity index (χ2v) is 6.76. The highest BCUT2D eigenvalue weighted by Crippen LogP contribution is 2.10. The first kappa shape index (κ1) is 17.1. The molecule has 0 amide bonds. The summed E-state index contributed by atoms with van der Waals surface area (Å²) in [4.78, 5) is 10.5. The highest BCUT2D eigenvalue weighted by atomic mass is 32.2. The van der Waals surface area contributed by atoms with E-state index in [0.29, 0.717) is 11.1 Å². The molecule has 1 atom stereocenters. The molecule has 0 radical (unpaired) electrons. The molecule has 0 aliphatic heterocycles. The number of sulfonamides is 1. The first-order chi connectivity index (χ1) is 9.63. The van der Waals surface area contributed by atoms with Crippen LogP contribution in [0.4, 0.5) is 0 Å². The van der Waals surface area contributed by atoms with Crippen molar-refractivity contribution >= 4 is 16.0 Å². The van der Waals surface area contributed by atoms with Crippen LogP contribution in [0.1, 0.15) is 24.5 Å². The van der Waals surface area contributed by atoms with E-state index in [1.54, 1.807) is 0 Å². The molecule has 1 aromatic carbocycles. The van der Waals surface area contributed by atoms with E-state index in [1.165, 1.54) is 31.2 Å². The van der Waals surface area contributed by atoms with Crippen LogP contribution >= 0.6 is 0 Å². The Bertz CT molecular complexity index is 644. The number of carboxylic acids is 1. The third kappa shape index (κ3) is 6.35. The van der Waals surface area contributed by atoms with Crippen LogP contribution in [0.25, 0.3) is 0 Å². The molecule has 0 fully saturated rings. The quantitative estimate of drug-likeness (QED) is 0.660. The van der Waals surface area contributed by atoms with E-state index in [4.69, 9.17) is 10.4 Å². The third-order valence-electron chi connectivity index (χ3n) is 2.64. The lowest BCUT2D eigenvalue weighted by molar-refractivity contribution is -0.141. The minimum atomic E-state index is -3.71. The molecule has 7 nitrogen and oxygen atoms in total. The molecule has 3 N–H and O–H groups in total. The number of nitriles is 1. The van der Waals surface area contributed by atoms with Gasteiger partial charge in [0.15, 0.2) is 0 Å². The molecule has 0 aliphatic carbocycles. The van der Waals surface area contributed by atoms with Crippen molar-refractivity contribution in [2.75, 3.05) is 6.54 Å². The van der Waals surface area contributed by atoms with Gasteiger partial charge < -0.3 is 10.2 Å². The van der Waals surface area contributed by atoms with Gasteiger partial charge in [-0.3, -0.25) is 4.79 Å². The standard InChI is InChI=1S/C13H16N2O5S/c1-13(18,6-12(16)17)9-15-21(19,20)8-11-4-2-10(7-14)3-5-11/h2-5,15,18H,6,8-9H2,1H3,(H,16,17). The number of aliphatic hydroxyl groups is 1. The molecular formula is C13H16N2O5S. The van der Waals surface area contributed by atoms with E-state index in [0.717, 1.165) is 0 Å². The van der Waals surface area contributed by atoms with Gasteiger partial charge in [0, 0.05) is 6.54 Å². The summed E-state index contributed by atoms with van der Waals surface area (Å²) < 4.78 is 25.9. The monoisotopic (exact) mass is 312 g/mol. The molecule has 0 heterocycles. The Balaban J connectivity index is 2.65. The highest BCUT2D eigenvalue weighted by molar-refractivity contribution is 7.88. The summed E-state index contributed by atoms with van der Waals surface area (Å²) >= 11 is 0. The molecule has 0 saturated carbocycles. The first-order valence-electron chi connectivity index (χ1n) is 6.04. The van der Waals surface area contributed by atoms with Crippen molar-refractivity contribution in [1.82, 2.24) is 4.72 Å². The molecule has 0 spiro atoms. The van der Waals surface area contributed by atoms with Gasteiger partial charge in [-0.05, 0) is 24.6 Å². The smallest absolute Gasteiger partial charge is 0.306 e. The molecule has 1 aromatic rings. The number of aliphatic carboxylic acids is 1. The van der Waals surface area contributed by atoms with Crippen molar-refractivity contribution in [3.8, 4) is 6.07 Å². The Morgan fingerprint density at radius 2 is 1.95 bits per heavy atom. The van der Waals surface area contributed by atoms with E-state index in [-0.39, 0.29) is 5.75 Å². The van der Waals surface area contributed by atoms with Crippen LogP contribution in [0.15, 0.2) is 24.3 Å². The normalized spacial score (nSPS) is 14.1. The lowest BCUT2D eigenvalue weighted by Crippen LogP contribution is -2.42. The second kappa shape index (κ2) is 6.67. The Kier molecular flexibility index (Phi) is 5.43. The van der Waals surface area contributed by atoms with Crippen molar-refractivity contribution < 1.29 is 23.4 Å². The maximum atomic E-state index is 11.9. The largest absolute Gasteiger partial charge is 0.481 e. The zero-order valence-corrected chi connectivity index (χ0v) is 12.2. The summed E-state index contributed by atoms with van der Waals surface area (Å²) in [6.45, 7) is 0.850. The average Bonchev–Trinajstić information content (AvgIpc) is 2.36. The number of carbonyl (C=O) groups is 1. The second-order valence-electron chi connectivity index (χ2n) is 4.96. The van der Waals surface area contributed by atoms with Gasteiger partial charge >= 0.3 is 5.97 Å². The molecule has 8 heteroatoms. The van der Waals surface area contributed by atoms with Crippen molar-refractivity contribution in [1.29, 1.82) is 5.26 Å². The number of benzene rings is 1. The Morgan fingerprint density at radius 3 is 2.43 bits per heavy atom. The van der Waals surface area contributed by atoms with Crippen molar-refractivity contribution in [2.45, 2.75) is 24.7 Å². The molecule has 21 heavy (non-hydrogen) atoms. The lowest BCUT2D eigenvalue weighted by atomic mass is 10.0. The molecule has 1 rings (SSSR count). The van der Waals surface area contributed by atoms with E-state index in [2.05, 4.69) is 4.72 Å². The van der Waals surface area contributed by atoms with Gasteiger partial charge in [0.1, 0.15) is 0 Å². The first-order valence-corrected chi connectivity index (χ1v) is 7.69. The molecule has 114 valence electrons. The van der Waals surface area contributed by atoms with Crippen LogP contribution in [0, 0.1) is 11.3 Å². The molecule has 0 aromatic heterocycles. The topological polar surface area (TPSA) is 127 Å². The zero-order valence-electron chi connectivity index (χ0n) is 11.4. The lowest BCUT2D eigenvalue weighted by Gasteiger charge is -2.21. The van der Waals surface area contributed by atoms with Gasteiger partial charge in [0.05, 0.1) is 29.4 Å². The van der Waals surface area contributed by atoms with Gasteiger partial charge in [-0.1, -0.05) is 12.1 Å². The van der Waals surface area contributed by atoms with Gasteiger partial charge in [0.2, 0.25) is 10.0 Å². The predicted octanol–water partition coefficient (Wildman–Crippen LogP) is 0.203. The fourth-order valence-electron chi connectivity index (χ4n) is 1.60. The fourth-order valence-corrected chi connectivity index (χ4v) is 2.86. The van der Waals surface area contributed by atoms with E-state index < -0.39 is 34.6 Å². The number of nitrogens with one attached hydrogen (secondary N) is 1. The summed E-state index contributed by atoms with van der Waals surface area (Å²) in [5.41, 5.74) is -0.753. The van der Waals surface area contributed by atoms with Gasteiger partial charge in [-0.2, -0.15) is 5.26 Å². The van der Waals surface area contributed by atoms with Crippen LogP contribution in [-0.2, 0) is 20.6 Å². The number of hydrogen-bond donors (Lipinski definition) is 3. The van der Waals surface area contributed by atoms with Crippen molar-refractivity contribution in [3.05, 3.63) is 35.4 Å². The van der Waals surface area contributed by atoms with E-state index >= 15 is 0 Å². The molecule has 0 saturated heterocycles. The summed E-state index contributed by atoms with van der Waals surface area (Å²) in [5, 5.41) is 27.0.